The fourth-order valence-corrected chi connectivity index (χ4v) is 3.80. The Hall–Kier alpha value is -2.43. The lowest BCUT2D eigenvalue weighted by molar-refractivity contribution is 0.321. The first kappa shape index (κ1) is 15.1. The zero-order valence-corrected chi connectivity index (χ0v) is 13.5. The van der Waals surface area contributed by atoms with Crippen molar-refractivity contribution >= 4 is 16.9 Å². The highest BCUT2D eigenvalue weighted by molar-refractivity contribution is 5.84. The molecule has 4 rings (SSSR count). The molecule has 3 aromatic rings. The van der Waals surface area contributed by atoms with Crippen molar-refractivity contribution in [2.45, 2.75) is 38.1 Å². The predicted molar refractivity (Wildman–Crippen MR) is 93.2 cm³/mol. The lowest BCUT2D eigenvalue weighted by Crippen LogP contribution is -2.24. The molecule has 0 saturated heterocycles. The minimum atomic E-state index is -0.207. The molecule has 24 heavy (non-hydrogen) atoms. The molecular weight excluding hydrogens is 303 g/mol. The van der Waals surface area contributed by atoms with Crippen LogP contribution in [-0.4, -0.2) is 15.0 Å². The van der Waals surface area contributed by atoms with Crippen LogP contribution in [0.15, 0.2) is 42.9 Å². The SMILES string of the molecule is Fc1ccc2[nH]cc(C(Nc3ncccn3)C3CCCCC3)c2c1. The van der Waals surface area contributed by atoms with E-state index < -0.39 is 0 Å². The lowest BCUT2D eigenvalue weighted by Gasteiger charge is -2.31. The van der Waals surface area contributed by atoms with Crippen molar-refractivity contribution in [3.8, 4) is 0 Å². The van der Waals surface area contributed by atoms with E-state index in [4.69, 9.17) is 0 Å². The summed E-state index contributed by atoms with van der Waals surface area (Å²) < 4.78 is 13.8. The van der Waals surface area contributed by atoms with Gasteiger partial charge in [0, 0.05) is 35.1 Å². The van der Waals surface area contributed by atoms with Crippen molar-refractivity contribution in [2.75, 3.05) is 5.32 Å². The molecule has 0 amide bonds. The number of aromatic amines is 1. The first-order chi connectivity index (χ1) is 11.8. The Labute approximate surface area is 140 Å². The van der Waals surface area contributed by atoms with E-state index in [9.17, 15) is 4.39 Å². The second-order valence-electron chi connectivity index (χ2n) is 6.53. The van der Waals surface area contributed by atoms with Crippen LogP contribution in [0.5, 0.6) is 0 Å². The van der Waals surface area contributed by atoms with Gasteiger partial charge in [0.2, 0.25) is 5.95 Å². The molecule has 1 atom stereocenters. The average Bonchev–Trinajstić information content (AvgIpc) is 3.04. The summed E-state index contributed by atoms with van der Waals surface area (Å²) >= 11 is 0. The van der Waals surface area contributed by atoms with E-state index in [2.05, 4.69) is 20.3 Å². The van der Waals surface area contributed by atoms with Gasteiger partial charge in [-0.05, 0) is 43.0 Å². The van der Waals surface area contributed by atoms with Crippen LogP contribution in [0.25, 0.3) is 10.9 Å². The smallest absolute Gasteiger partial charge is 0.223 e. The number of hydrogen-bond acceptors (Lipinski definition) is 3. The molecule has 0 aliphatic heterocycles. The summed E-state index contributed by atoms with van der Waals surface area (Å²) in [7, 11) is 0. The van der Waals surface area contributed by atoms with Crippen LogP contribution in [0, 0.1) is 11.7 Å². The van der Waals surface area contributed by atoms with Crippen LogP contribution in [-0.2, 0) is 0 Å². The van der Waals surface area contributed by atoms with Gasteiger partial charge in [-0.2, -0.15) is 0 Å². The van der Waals surface area contributed by atoms with Gasteiger partial charge < -0.3 is 10.3 Å². The third-order valence-electron chi connectivity index (χ3n) is 4.98. The monoisotopic (exact) mass is 324 g/mol. The fraction of sp³-hybridized carbons (Fsp3) is 0.368. The Morgan fingerprint density at radius 3 is 2.71 bits per heavy atom. The standard InChI is InChI=1S/C19H21FN4/c20-14-7-8-17-15(11-14)16(12-23-17)18(13-5-2-1-3-6-13)24-19-21-9-4-10-22-19/h4,7-13,18,23H,1-3,5-6H2,(H,21,22,24). The highest BCUT2D eigenvalue weighted by Gasteiger charge is 2.27. The first-order valence-electron chi connectivity index (χ1n) is 8.61. The van der Waals surface area contributed by atoms with Crippen molar-refractivity contribution in [2.24, 2.45) is 5.92 Å². The summed E-state index contributed by atoms with van der Waals surface area (Å²) in [5.74, 6) is 0.922. The Morgan fingerprint density at radius 2 is 1.92 bits per heavy atom. The van der Waals surface area contributed by atoms with Crippen molar-refractivity contribution in [1.29, 1.82) is 0 Å². The number of nitrogens with zero attached hydrogens (tertiary/aromatic N) is 2. The Kier molecular flexibility index (Phi) is 4.15. The van der Waals surface area contributed by atoms with Gasteiger partial charge in [0.15, 0.2) is 0 Å². The summed E-state index contributed by atoms with van der Waals surface area (Å²) in [6.07, 6.45) is 11.6. The molecule has 0 spiro atoms. The summed E-state index contributed by atoms with van der Waals surface area (Å²) in [5.41, 5.74) is 2.06. The molecule has 4 nitrogen and oxygen atoms in total. The molecule has 0 radical (unpaired) electrons. The fourth-order valence-electron chi connectivity index (χ4n) is 3.80. The third kappa shape index (κ3) is 2.98. The molecule has 1 unspecified atom stereocenters. The van der Waals surface area contributed by atoms with Crippen molar-refractivity contribution < 1.29 is 4.39 Å². The van der Waals surface area contributed by atoms with Gasteiger partial charge in [-0.15, -0.1) is 0 Å². The summed E-state index contributed by atoms with van der Waals surface area (Å²) in [6, 6.07) is 6.80. The maximum absolute atomic E-state index is 13.8. The maximum atomic E-state index is 13.8. The predicted octanol–water partition coefficient (Wildman–Crippen LogP) is 4.83. The molecule has 124 valence electrons. The number of rotatable bonds is 4. The number of hydrogen-bond donors (Lipinski definition) is 2. The Balaban J connectivity index is 1.74. The van der Waals surface area contributed by atoms with Gasteiger partial charge in [0.25, 0.3) is 0 Å². The molecule has 1 aliphatic rings. The molecule has 2 N–H and O–H groups in total. The second kappa shape index (κ2) is 6.59. The van der Waals surface area contributed by atoms with E-state index in [0.29, 0.717) is 11.9 Å². The number of H-pyrrole nitrogens is 1. The largest absolute Gasteiger partial charge is 0.361 e. The number of fused-ring (bicyclic) bond motifs is 1. The topological polar surface area (TPSA) is 53.6 Å². The first-order valence-corrected chi connectivity index (χ1v) is 8.61. The summed E-state index contributed by atoms with van der Waals surface area (Å²) in [4.78, 5) is 11.9. The van der Waals surface area contributed by atoms with Crippen LogP contribution in [0.2, 0.25) is 0 Å². The maximum Gasteiger partial charge on any atom is 0.223 e. The summed E-state index contributed by atoms with van der Waals surface area (Å²) in [5, 5.41) is 4.44. The van der Waals surface area contributed by atoms with E-state index in [0.717, 1.165) is 16.5 Å². The Morgan fingerprint density at radius 1 is 1.12 bits per heavy atom. The zero-order chi connectivity index (χ0) is 16.4. The van der Waals surface area contributed by atoms with Gasteiger partial charge >= 0.3 is 0 Å². The molecule has 2 heterocycles. The van der Waals surface area contributed by atoms with Gasteiger partial charge in [0.1, 0.15) is 5.82 Å². The highest BCUT2D eigenvalue weighted by Crippen LogP contribution is 2.38. The number of nitrogens with one attached hydrogen (secondary N) is 2. The van der Waals surface area contributed by atoms with E-state index in [1.807, 2.05) is 12.3 Å². The van der Waals surface area contributed by atoms with Gasteiger partial charge in [-0.1, -0.05) is 19.3 Å². The normalized spacial score (nSPS) is 17.0. The van der Waals surface area contributed by atoms with Crippen LogP contribution in [0.4, 0.5) is 10.3 Å². The third-order valence-corrected chi connectivity index (χ3v) is 4.98. The second-order valence-corrected chi connectivity index (χ2v) is 6.53. The minimum Gasteiger partial charge on any atom is -0.361 e. The van der Waals surface area contributed by atoms with Crippen molar-refractivity contribution in [3.05, 3.63) is 54.2 Å². The zero-order valence-electron chi connectivity index (χ0n) is 13.5. The van der Waals surface area contributed by atoms with Crippen molar-refractivity contribution in [3.63, 3.8) is 0 Å². The molecule has 0 bridgehead atoms. The quantitative estimate of drug-likeness (QED) is 0.722. The van der Waals surface area contributed by atoms with E-state index in [1.54, 1.807) is 24.5 Å². The molecule has 1 aliphatic carbocycles. The lowest BCUT2D eigenvalue weighted by atomic mass is 9.81. The molecule has 1 aromatic carbocycles. The molecule has 2 aromatic heterocycles. The van der Waals surface area contributed by atoms with E-state index in [-0.39, 0.29) is 11.9 Å². The van der Waals surface area contributed by atoms with E-state index >= 15 is 0 Å². The highest BCUT2D eigenvalue weighted by atomic mass is 19.1. The number of anilines is 1. The van der Waals surface area contributed by atoms with Gasteiger partial charge in [-0.25, -0.2) is 14.4 Å². The van der Waals surface area contributed by atoms with Crippen molar-refractivity contribution in [1.82, 2.24) is 15.0 Å². The van der Waals surface area contributed by atoms with Crippen LogP contribution >= 0.6 is 0 Å². The molecule has 5 heteroatoms. The number of aromatic nitrogens is 3. The van der Waals surface area contributed by atoms with Crippen LogP contribution in [0.1, 0.15) is 43.7 Å². The molecule has 1 fully saturated rings. The Bertz CT molecular complexity index is 809. The number of benzene rings is 1. The molecule has 1 saturated carbocycles. The van der Waals surface area contributed by atoms with Gasteiger partial charge in [0.05, 0.1) is 6.04 Å². The number of halogens is 1. The molecular formula is C19H21FN4. The average molecular weight is 324 g/mol. The van der Waals surface area contributed by atoms with Crippen LogP contribution < -0.4 is 5.32 Å². The van der Waals surface area contributed by atoms with Crippen LogP contribution in [0.3, 0.4) is 0 Å². The minimum absolute atomic E-state index is 0.0863. The van der Waals surface area contributed by atoms with E-state index in [1.165, 1.54) is 38.2 Å². The summed E-state index contributed by atoms with van der Waals surface area (Å²) in [6.45, 7) is 0. The van der Waals surface area contributed by atoms with Gasteiger partial charge in [-0.3, -0.25) is 0 Å².